The molecule has 0 nitrogen and oxygen atoms in total. The van der Waals surface area contributed by atoms with Gasteiger partial charge in [-0.05, 0) is 73.2 Å². The molecule has 0 unspecified atom stereocenters. The van der Waals surface area contributed by atoms with E-state index in [1.54, 1.807) is 0 Å². The van der Waals surface area contributed by atoms with Crippen molar-refractivity contribution < 1.29 is 0 Å². The van der Waals surface area contributed by atoms with Crippen molar-refractivity contribution in [2.45, 2.75) is 25.7 Å². The smallest absolute Gasteiger partial charge is 0.0985 e. The van der Waals surface area contributed by atoms with E-state index in [0.717, 1.165) is 6.42 Å². The lowest BCUT2D eigenvalue weighted by molar-refractivity contribution is 0.720. The van der Waals surface area contributed by atoms with Gasteiger partial charge in [-0.2, -0.15) is 0 Å². The van der Waals surface area contributed by atoms with E-state index in [0.29, 0.717) is 0 Å². The highest BCUT2D eigenvalue weighted by Gasteiger charge is 2.44. The van der Waals surface area contributed by atoms with Crippen LogP contribution in [0.5, 0.6) is 0 Å². The molecule has 32 heavy (non-hydrogen) atoms. The van der Waals surface area contributed by atoms with Crippen LogP contribution in [0.2, 0.25) is 0 Å². The minimum Gasteiger partial charge on any atom is -0.0985 e. The van der Waals surface area contributed by atoms with Crippen molar-refractivity contribution in [2.24, 2.45) is 0 Å². The zero-order valence-corrected chi connectivity index (χ0v) is 19.6. The molecule has 0 aliphatic rings. The van der Waals surface area contributed by atoms with E-state index < -0.39 is 7.26 Å². The zero-order chi connectivity index (χ0) is 22.1. The number of benzene rings is 4. The van der Waals surface area contributed by atoms with Crippen molar-refractivity contribution in [3.63, 3.8) is 0 Å². The fraction of sp³-hybridized carbons (Fsp3) is 0.161. The highest BCUT2D eigenvalue weighted by molar-refractivity contribution is 7.95. The molecule has 0 radical (unpaired) electrons. The third-order valence-corrected chi connectivity index (χ3v) is 10.8. The van der Waals surface area contributed by atoms with Gasteiger partial charge in [0.2, 0.25) is 0 Å². The van der Waals surface area contributed by atoms with Crippen LogP contribution in [0.1, 0.15) is 30.4 Å². The minimum atomic E-state index is -1.69. The van der Waals surface area contributed by atoms with Gasteiger partial charge in [0.05, 0.1) is 6.16 Å². The normalized spacial score (nSPS) is 11.2. The summed E-state index contributed by atoms with van der Waals surface area (Å²) in [6, 6.07) is 42.4. The standard InChI is InChI=1S/C31H32P/c1-2-27-22-24-28(25-23-27)15-7-6-14-26-32(29-16-8-3-9-17-29,30-18-10-4-11-19-30)31-20-12-5-13-21-31/h2-5,8-13,16-25H,1,6-7,14-15,26H2/q+1. The lowest BCUT2D eigenvalue weighted by Gasteiger charge is -2.27. The van der Waals surface area contributed by atoms with Crippen LogP contribution in [0.15, 0.2) is 122 Å². The van der Waals surface area contributed by atoms with E-state index in [9.17, 15) is 0 Å². The van der Waals surface area contributed by atoms with Gasteiger partial charge in [-0.25, -0.2) is 0 Å². The molecular weight excluding hydrogens is 403 g/mol. The molecular formula is C31H32P+. The molecule has 0 aliphatic heterocycles. The Hall–Kier alpha value is -2.95. The molecule has 0 spiro atoms. The maximum absolute atomic E-state index is 3.85. The summed E-state index contributed by atoms with van der Waals surface area (Å²) >= 11 is 0. The molecule has 0 fully saturated rings. The Morgan fingerprint density at radius 3 is 1.44 bits per heavy atom. The molecule has 0 N–H and O–H groups in total. The molecule has 0 saturated carbocycles. The maximum Gasteiger partial charge on any atom is 0.112 e. The first kappa shape index (κ1) is 22.3. The summed E-state index contributed by atoms with van der Waals surface area (Å²) in [5.41, 5.74) is 2.61. The van der Waals surface area contributed by atoms with Gasteiger partial charge in [0.25, 0.3) is 0 Å². The van der Waals surface area contributed by atoms with Crippen LogP contribution in [0.4, 0.5) is 0 Å². The number of unbranched alkanes of at least 4 members (excludes halogenated alkanes) is 2. The molecule has 4 aromatic rings. The van der Waals surface area contributed by atoms with Crippen molar-refractivity contribution in [2.75, 3.05) is 6.16 Å². The van der Waals surface area contributed by atoms with E-state index >= 15 is 0 Å². The molecule has 4 rings (SSSR count). The summed E-state index contributed by atoms with van der Waals surface area (Å²) in [5.74, 6) is 0. The molecule has 0 saturated heterocycles. The van der Waals surface area contributed by atoms with Gasteiger partial charge < -0.3 is 0 Å². The third kappa shape index (κ3) is 5.09. The van der Waals surface area contributed by atoms with E-state index in [1.807, 2.05) is 6.08 Å². The van der Waals surface area contributed by atoms with Gasteiger partial charge in [0.15, 0.2) is 0 Å². The van der Waals surface area contributed by atoms with Crippen LogP contribution in [-0.4, -0.2) is 6.16 Å². The summed E-state index contributed by atoms with van der Waals surface area (Å²) in [6.45, 7) is 3.85. The summed E-state index contributed by atoms with van der Waals surface area (Å²) in [4.78, 5) is 0. The third-order valence-electron chi connectivity index (χ3n) is 6.27. The quantitative estimate of drug-likeness (QED) is 0.185. The average molecular weight is 436 g/mol. The van der Waals surface area contributed by atoms with Gasteiger partial charge in [0, 0.05) is 0 Å². The fourth-order valence-electron chi connectivity index (χ4n) is 4.56. The van der Waals surface area contributed by atoms with Gasteiger partial charge in [-0.1, -0.05) is 91.5 Å². The Morgan fingerprint density at radius 2 is 1.00 bits per heavy atom. The van der Waals surface area contributed by atoms with Crippen molar-refractivity contribution in [3.05, 3.63) is 133 Å². The Balaban J connectivity index is 1.56. The highest BCUT2D eigenvalue weighted by atomic mass is 31.2. The zero-order valence-electron chi connectivity index (χ0n) is 18.7. The predicted molar refractivity (Wildman–Crippen MR) is 144 cm³/mol. The Bertz CT molecular complexity index is 987. The highest BCUT2D eigenvalue weighted by Crippen LogP contribution is 2.55. The second-order valence-electron chi connectivity index (χ2n) is 8.30. The van der Waals surface area contributed by atoms with Crippen LogP contribution in [0.25, 0.3) is 6.08 Å². The SMILES string of the molecule is C=Cc1ccc(CCCCC[P+](c2ccccc2)(c2ccccc2)c2ccccc2)cc1. The van der Waals surface area contributed by atoms with Crippen molar-refractivity contribution >= 4 is 29.3 Å². The molecule has 1 heteroatoms. The lowest BCUT2D eigenvalue weighted by atomic mass is 10.1. The van der Waals surface area contributed by atoms with E-state index in [-0.39, 0.29) is 0 Å². The molecule has 160 valence electrons. The summed E-state index contributed by atoms with van der Waals surface area (Å²) in [6.07, 6.45) is 7.97. The number of rotatable bonds is 10. The Labute approximate surface area is 194 Å². The van der Waals surface area contributed by atoms with Crippen LogP contribution in [-0.2, 0) is 6.42 Å². The van der Waals surface area contributed by atoms with Crippen molar-refractivity contribution in [3.8, 4) is 0 Å². The first-order valence-electron chi connectivity index (χ1n) is 11.6. The minimum absolute atomic E-state index is 1.14. The molecule has 0 atom stereocenters. The molecule has 0 aromatic heterocycles. The largest absolute Gasteiger partial charge is 0.112 e. The second kappa shape index (κ2) is 11.1. The van der Waals surface area contributed by atoms with E-state index in [4.69, 9.17) is 0 Å². The van der Waals surface area contributed by atoms with E-state index in [1.165, 1.54) is 52.5 Å². The fourth-order valence-corrected chi connectivity index (χ4v) is 8.97. The van der Waals surface area contributed by atoms with Gasteiger partial charge in [-0.15, -0.1) is 0 Å². The Kier molecular flexibility index (Phi) is 7.70. The molecule has 0 heterocycles. The van der Waals surface area contributed by atoms with Gasteiger partial charge in [-0.3, -0.25) is 0 Å². The van der Waals surface area contributed by atoms with Crippen LogP contribution < -0.4 is 15.9 Å². The molecule has 4 aromatic carbocycles. The van der Waals surface area contributed by atoms with E-state index in [2.05, 4.69) is 122 Å². The summed E-state index contributed by atoms with van der Waals surface area (Å²) in [7, 11) is -1.69. The van der Waals surface area contributed by atoms with Crippen LogP contribution >= 0.6 is 7.26 Å². The van der Waals surface area contributed by atoms with Crippen molar-refractivity contribution in [1.82, 2.24) is 0 Å². The number of aryl methyl sites for hydroxylation is 1. The van der Waals surface area contributed by atoms with Crippen LogP contribution in [0.3, 0.4) is 0 Å². The molecule has 0 bridgehead atoms. The molecule has 0 amide bonds. The Morgan fingerprint density at radius 1 is 0.531 bits per heavy atom. The first-order valence-corrected chi connectivity index (χ1v) is 13.6. The topological polar surface area (TPSA) is 0 Å². The molecule has 0 aliphatic carbocycles. The summed E-state index contributed by atoms with van der Waals surface area (Å²) < 4.78 is 0. The maximum atomic E-state index is 3.85. The van der Waals surface area contributed by atoms with Crippen LogP contribution in [0, 0.1) is 0 Å². The predicted octanol–water partition coefficient (Wildman–Crippen LogP) is 7.04. The van der Waals surface area contributed by atoms with Crippen molar-refractivity contribution in [1.29, 1.82) is 0 Å². The van der Waals surface area contributed by atoms with Gasteiger partial charge in [0.1, 0.15) is 23.2 Å². The monoisotopic (exact) mass is 435 g/mol. The number of hydrogen-bond donors (Lipinski definition) is 0. The summed E-state index contributed by atoms with van der Waals surface area (Å²) in [5, 5.41) is 4.45. The lowest BCUT2D eigenvalue weighted by Crippen LogP contribution is -2.33. The average Bonchev–Trinajstić information content (AvgIpc) is 2.88. The van der Waals surface area contributed by atoms with Gasteiger partial charge >= 0.3 is 0 Å². The number of hydrogen-bond acceptors (Lipinski definition) is 0. The first-order chi connectivity index (χ1) is 15.8. The second-order valence-corrected chi connectivity index (χ2v) is 11.9.